The van der Waals surface area contributed by atoms with E-state index < -0.39 is 0 Å². The van der Waals surface area contributed by atoms with Crippen LogP contribution in [0.25, 0.3) is 17.0 Å². The maximum atomic E-state index is 5.00. The molecule has 0 atom stereocenters. The van der Waals surface area contributed by atoms with E-state index in [0.717, 1.165) is 48.3 Å². The van der Waals surface area contributed by atoms with Gasteiger partial charge in [-0.2, -0.15) is 15.0 Å². The molecule has 6 rings (SSSR count). The quantitative estimate of drug-likeness (QED) is 0.346. The van der Waals surface area contributed by atoms with Crippen LogP contribution < -0.4 is 9.80 Å². The molecule has 0 radical (unpaired) electrons. The summed E-state index contributed by atoms with van der Waals surface area (Å²) in [7, 11) is 0. The van der Waals surface area contributed by atoms with Crippen molar-refractivity contribution in [1.82, 2.24) is 24.5 Å². The molecule has 168 valence electrons. The first kappa shape index (κ1) is 20.4. The minimum absolute atomic E-state index is 0.566. The molecule has 3 aromatic carbocycles. The molecule has 0 amide bonds. The van der Waals surface area contributed by atoms with Gasteiger partial charge in [-0.1, -0.05) is 48.5 Å². The molecule has 0 bridgehead atoms. The van der Waals surface area contributed by atoms with Gasteiger partial charge < -0.3 is 4.90 Å². The summed E-state index contributed by atoms with van der Waals surface area (Å²) in [6.45, 7) is 1.90. The van der Waals surface area contributed by atoms with E-state index in [2.05, 4.69) is 39.0 Å². The van der Waals surface area contributed by atoms with Gasteiger partial charge in [0.15, 0.2) is 0 Å². The van der Waals surface area contributed by atoms with Gasteiger partial charge in [-0.3, -0.25) is 9.47 Å². The van der Waals surface area contributed by atoms with Gasteiger partial charge in [0.25, 0.3) is 0 Å². The van der Waals surface area contributed by atoms with E-state index in [0.29, 0.717) is 17.8 Å². The number of anilines is 4. The van der Waals surface area contributed by atoms with Crippen LogP contribution in [0.3, 0.4) is 0 Å². The Balaban J connectivity index is 1.56. The van der Waals surface area contributed by atoms with E-state index in [1.54, 1.807) is 6.33 Å². The average Bonchev–Trinajstić information content (AvgIpc) is 3.35. The minimum atomic E-state index is 0.566. The Hall–Kier alpha value is -4.26. The molecular weight excluding hydrogens is 422 g/mol. The van der Waals surface area contributed by atoms with Gasteiger partial charge in [0.2, 0.25) is 17.8 Å². The summed E-state index contributed by atoms with van der Waals surface area (Å²) in [5.74, 6) is 1.85. The third kappa shape index (κ3) is 3.85. The zero-order chi connectivity index (χ0) is 22.7. The first-order valence-corrected chi connectivity index (χ1v) is 11.7. The van der Waals surface area contributed by atoms with E-state index >= 15 is 0 Å². The third-order valence-electron chi connectivity index (χ3n) is 6.14. The molecule has 7 nitrogen and oxygen atoms in total. The Bertz CT molecular complexity index is 1350. The number of aromatic nitrogens is 5. The van der Waals surface area contributed by atoms with Gasteiger partial charge in [-0.15, -0.1) is 0 Å². The lowest BCUT2D eigenvalue weighted by molar-refractivity contribution is 0.567. The lowest BCUT2D eigenvalue weighted by Gasteiger charge is -2.29. The fraction of sp³-hybridized carbons (Fsp3) is 0.185. The first-order valence-electron chi connectivity index (χ1n) is 11.7. The molecule has 1 aliphatic heterocycles. The Morgan fingerprint density at radius 3 is 1.94 bits per heavy atom. The highest BCUT2D eigenvalue weighted by atomic mass is 15.4. The molecule has 1 aliphatic rings. The molecule has 0 spiro atoms. The number of piperidine rings is 1. The molecule has 0 aliphatic carbocycles. The Morgan fingerprint density at radius 1 is 0.618 bits per heavy atom. The molecule has 34 heavy (non-hydrogen) atoms. The van der Waals surface area contributed by atoms with Gasteiger partial charge in [0.1, 0.15) is 6.33 Å². The highest BCUT2D eigenvalue weighted by molar-refractivity contribution is 5.77. The Kier molecular flexibility index (Phi) is 5.35. The normalized spacial score (nSPS) is 13.8. The number of rotatable bonds is 5. The topological polar surface area (TPSA) is 63.0 Å². The molecule has 5 aromatic rings. The number of hydrogen-bond donors (Lipinski definition) is 0. The molecule has 3 heterocycles. The number of hydrogen-bond acceptors (Lipinski definition) is 6. The SMILES string of the molecule is c1ccc(N(c2ccccc2)c2nc(N3CCCCC3)nc(-n3cnc4ccccc43)n2)cc1. The standard InChI is InChI=1S/C27H25N7/c1-4-12-21(13-5-1)34(22-14-6-2-7-15-22)27-30-25(32-18-10-3-11-19-32)29-26(31-27)33-20-28-23-16-8-9-17-24(23)33/h1-2,4-9,12-17,20H,3,10-11,18-19H2. The third-order valence-corrected chi connectivity index (χ3v) is 6.14. The molecule has 0 unspecified atom stereocenters. The Labute approximate surface area is 198 Å². The van der Waals surface area contributed by atoms with E-state index in [-0.39, 0.29) is 0 Å². The van der Waals surface area contributed by atoms with Crippen molar-refractivity contribution in [2.75, 3.05) is 22.9 Å². The molecule has 7 heteroatoms. The molecular formula is C27H25N7. The lowest BCUT2D eigenvalue weighted by Crippen LogP contribution is -2.32. The van der Waals surface area contributed by atoms with Crippen LogP contribution in [0, 0.1) is 0 Å². The smallest absolute Gasteiger partial charge is 0.242 e. The summed E-state index contributed by atoms with van der Waals surface area (Å²) in [6, 6.07) is 28.5. The van der Waals surface area contributed by atoms with Crippen LogP contribution in [0.2, 0.25) is 0 Å². The van der Waals surface area contributed by atoms with Gasteiger partial charge in [0.05, 0.1) is 11.0 Å². The first-order chi connectivity index (χ1) is 16.9. The van der Waals surface area contributed by atoms with Crippen molar-refractivity contribution >= 4 is 34.3 Å². The molecule has 0 N–H and O–H groups in total. The van der Waals surface area contributed by atoms with Crippen molar-refractivity contribution in [3.63, 3.8) is 0 Å². The van der Waals surface area contributed by atoms with Gasteiger partial charge in [-0.05, 0) is 55.7 Å². The molecule has 1 saturated heterocycles. The lowest BCUT2D eigenvalue weighted by atomic mass is 10.1. The van der Waals surface area contributed by atoms with Crippen molar-refractivity contribution in [2.45, 2.75) is 19.3 Å². The van der Waals surface area contributed by atoms with Crippen LogP contribution in [-0.4, -0.2) is 37.6 Å². The van der Waals surface area contributed by atoms with E-state index in [4.69, 9.17) is 15.0 Å². The summed E-state index contributed by atoms with van der Waals surface area (Å²) in [5, 5.41) is 0. The van der Waals surface area contributed by atoms with Gasteiger partial charge >= 0.3 is 0 Å². The van der Waals surface area contributed by atoms with Gasteiger partial charge in [0, 0.05) is 24.5 Å². The highest BCUT2D eigenvalue weighted by Crippen LogP contribution is 2.33. The summed E-state index contributed by atoms with van der Waals surface area (Å²) in [5.41, 5.74) is 3.86. The zero-order valence-electron chi connectivity index (χ0n) is 18.8. The number of fused-ring (bicyclic) bond motifs is 1. The van der Waals surface area contributed by atoms with E-state index in [9.17, 15) is 0 Å². The second kappa shape index (κ2) is 8.94. The van der Waals surface area contributed by atoms with Crippen molar-refractivity contribution in [3.8, 4) is 5.95 Å². The maximum Gasteiger partial charge on any atom is 0.242 e. The van der Waals surface area contributed by atoms with Crippen LogP contribution >= 0.6 is 0 Å². The largest absolute Gasteiger partial charge is 0.341 e. The van der Waals surface area contributed by atoms with Crippen LogP contribution in [0.1, 0.15) is 19.3 Å². The van der Waals surface area contributed by atoms with E-state index in [1.807, 2.05) is 65.2 Å². The van der Waals surface area contributed by atoms with Crippen LogP contribution in [0.15, 0.2) is 91.3 Å². The van der Waals surface area contributed by atoms with E-state index in [1.165, 1.54) is 6.42 Å². The number of nitrogens with zero attached hydrogens (tertiary/aromatic N) is 7. The summed E-state index contributed by atoms with van der Waals surface area (Å²) < 4.78 is 1.95. The maximum absolute atomic E-state index is 5.00. The fourth-order valence-corrected chi connectivity index (χ4v) is 4.44. The summed E-state index contributed by atoms with van der Waals surface area (Å²) in [6.07, 6.45) is 5.32. The zero-order valence-corrected chi connectivity index (χ0v) is 18.8. The monoisotopic (exact) mass is 447 g/mol. The predicted octanol–water partition coefficient (Wildman–Crippen LogP) is 5.67. The molecule has 2 aromatic heterocycles. The average molecular weight is 448 g/mol. The van der Waals surface area contributed by atoms with Crippen molar-refractivity contribution in [1.29, 1.82) is 0 Å². The number of benzene rings is 3. The van der Waals surface area contributed by atoms with Crippen LogP contribution in [-0.2, 0) is 0 Å². The van der Waals surface area contributed by atoms with Crippen molar-refractivity contribution in [2.24, 2.45) is 0 Å². The van der Waals surface area contributed by atoms with Crippen molar-refractivity contribution < 1.29 is 0 Å². The fourth-order valence-electron chi connectivity index (χ4n) is 4.44. The number of para-hydroxylation sites is 4. The van der Waals surface area contributed by atoms with Gasteiger partial charge in [-0.25, -0.2) is 4.98 Å². The highest BCUT2D eigenvalue weighted by Gasteiger charge is 2.22. The number of imidazole rings is 1. The second-order valence-electron chi connectivity index (χ2n) is 8.39. The van der Waals surface area contributed by atoms with Crippen LogP contribution in [0.4, 0.5) is 23.3 Å². The molecule has 0 saturated carbocycles. The second-order valence-corrected chi connectivity index (χ2v) is 8.39. The predicted molar refractivity (Wildman–Crippen MR) is 135 cm³/mol. The summed E-state index contributed by atoms with van der Waals surface area (Å²) >= 11 is 0. The summed E-state index contributed by atoms with van der Waals surface area (Å²) in [4.78, 5) is 23.8. The minimum Gasteiger partial charge on any atom is -0.341 e. The van der Waals surface area contributed by atoms with Crippen LogP contribution in [0.5, 0.6) is 0 Å². The Morgan fingerprint density at radius 2 is 1.24 bits per heavy atom. The van der Waals surface area contributed by atoms with Crippen molar-refractivity contribution in [3.05, 3.63) is 91.3 Å². The molecule has 1 fully saturated rings.